The van der Waals surface area contributed by atoms with Crippen LogP contribution in [-0.2, 0) is 13.1 Å². The second kappa shape index (κ2) is 9.51. The molecule has 1 N–H and O–H groups in total. The van der Waals surface area contributed by atoms with E-state index in [1.54, 1.807) is 12.3 Å². The van der Waals surface area contributed by atoms with Crippen LogP contribution in [0.5, 0.6) is 0 Å². The van der Waals surface area contributed by atoms with E-state index in [0.29, 0.717) is 28.2 Å². The Morgan fingerprint density at radius 2 is 1.85 bits per heavy atom. The van der Waals surface area contributed by atoms with Gasteiger partial charge in [-0.3, -0.25) is 4.98 Å². The summed E-state index contributed by atoms with van der Waals surface area (Å²) in [6, 6.07) is 17.3. The molecule has 1 heterocycles. The summed E-state index contributed by atoms with van der Waals surface area (Å²) in [4.78, 5) is 6.23. The molecule has 0 radical (unpaired) electrons. The minimum absolute atomic E-state index is 0.549. The van der Waals surface area contributed by atoms with E-state index in [0.717, 1.165) is 21.3 Å². The first-order valence-electron chi connectivity index (χ1n) is 8.15. The molecule has 138 valence electrons. The van der Waals surface area contributed by atoms with Crippen LogP contribution < -0.4 is 5.32 Å². The molecule has 3 rings (SSSR count). The Labute approximate surface area is 182 Å². The van der Waals surface area contributed by atoms with Crippen LogP contribution in [0.4, 0.5) is 5.69 Å². The van der Waals surface area contributed by atoms with E-state index in [-0.39, 0.29) is 0 Å². The van der Waals surface area contributed by atoms with Gasteiger partial charge in [0.25, 0.3) is 0 Å². The highest BCUT2D eigenvalue weighted by Crippen LogP contribution is 2.23. The minimum atomic E-state index is 0.549. The van der Waals surface area contributed by atoms with Crippen LogP contribution in [0.25, 0.3) is 0 Å². The third-order valence-electron chi connectivity index (χ3n) is 3.86. The molecule has 7 heteroatoms. The van der Waals surface area contributed by atoms with Gasteiger partial charge in [0.05, 0.1) is 0 Å². The third-order valence-corrected chi connectivity index (χ3v) is 5.33. The number of pyridine rings is 1. The van der Waals surface area contributed by atoms with Crippen molar-refractivity contribution in [1.82, 2.24) is 9.88 Å². The fraction of sp³-hybridized carbons (Fsp3) is 0.100. The number of nitrogens with zero attached hydrogens (tertiary/aromatic N) is 2. The molecule has 0 amide bonds. The van der Waals surface area contributed by atoms with E-state index in [1.807, 2.05) is 59.6 Å². The van der Waals surface area contributed by atoms with E-state index in [4.69, 9.17) is 35.4 Å². The molecule has 27 heavy (non-hydrogen) atoms. The fourth-order valence-corrected chi connectivity index (χ4v) is 3.48. The molecule has 0 saturated carbocycles. The maximum Gasteiger partial charge on any atom is 0.174 e. The van der Waals surface area contributed by atoms with Gasteiger partial charge in [-0.05, 0) is 65.8 Å². The van der Waals surface area contributed by atoms with Crippen molar-refractivity contribution in [1.29, 1.82) is 0 Å². The summed E-state index contributed by atoms with van der Waals surface area (Å²) >= 11 is 21.5. The number of hydrogen-bond donors (Lipinski definition) is 1. The summed E-state index contributed by atoms with van der Waals surface area (Å²) in [5.74, 6) is 0. The molecule has 0 atom stereocenters. The van der Waals surface area contributed by atoms with Crippen molar-refractivity contribution in [3.05, 3.63) is 92.6 Å². The largest absolute Gasteiger partial charge is 0.340 e. The van der Waals surface area contributed by atoms with Crippen LogP contribution in [-0.4, -0.2) is 15.0 Å². The predicted octanol–water partition coefficient (Wildman–Crippen LogP) is 6.55. The van der Waals surface area contributed by atoms with Crippen LogP contribution in [0, 0.1) is 0 Å². The molecule has 0 bridgehead atoms. The highest BCUT2D eigenvalue weighted by atomic mass is 79.9. The summed E-state index contributed by atoms with van der Waals surface area (Å²) < 4.78 is 1.01. The van der Waals surface area contributed by atoms with Crippen molar-refractivity contribution in [3.63, 3.8) is 0 Å². The van der Waals surface area contributed by atoms with Gasteiger partial charge in [0, 0.05) is 45.7 Å². The molecule has 0 spiro atoms. The first-order chi connectivity index (χ1) is 13.0. The Bertz CT molecular complexity index is 920. The van der Waals surface area contributed by atoms with Crippen molar-refractivity contribution in [2.45, 2.75) is 13.1 Å². The maximum absolute atomic E-state index is 6.37. The molecule has 0 aliphatic carbocycles. The second-order valence-electron chi connectivity index (χ2n) is 5.89. The Balaban J connectivity index is 1.81. The lowest BCUT2D eigenvalue weighted by Crippen LogP contribution is -2.34. The van der Waals surface area contributed by atoms with E-state index in [1.165, 1.54) is 0 Å². The maximum atomic E-state index is 6.37. The Kier molecular flexibility index (Phi) is 7.07. The lowest BCUT2D eigenvalue weighted by molar-refractivity contribution is 0.412. The van der Waals surface area contributed by atoms with Gasteiger partial charge < -0.3 is 10.2 Å². The van der Waals surface area contributed by atoms with Crippen molar-refractivity contribution in [3.8, 4) is 0 Å². The van der Waals surface area contributed by atoms with E-state index < -0.39 is 0 Å². The van der Waals surface area contributed by atoms with Crippen molar-refractivity contribution >= 4 is 62.1 Å². The molecule has 2 aromatic carbocycles. The number of nitrogens with one attached hydrogen (secondary N) is 1. The molecular weight excluding hydrogens is 465 g/mol. The standard InChI is InChI=1S/C20H16BrCl2N3S/c21-16-4-7-18(8-5-16)25-20(27)26(12-14-2-1-9-24-11-14)13-15-3-6-17(22)10-19(15)23/h1-11H,12-13H2,(H,25,27). The SMILES string of the molecule is S=C(Nc1ccc(Br)cc1)N(Cc1cccnc1)Cc1ccc(Cl)cc1Cl. The molecule has 0 saturated heterocycles. The lowest BCUT2D eigenvalue weighted by atomic mass is 10.2. The number of thiocarbonyl (C=S) groups is 1. The summed E-state index contributed by atoms with van der Waals surface area (Å²) in [7, 11) is 0. The summed E-state index contributed by atoms with van der Waals surface area (Å²) in [6.07, 6.45) is 3.58. The molecule has 3 aromatic rings. The number of rotatable bonds is 5. The van der Waals surface area contributed by atoms with Gasteiger partial charge in [-0.1, -0.05) is 51.3 Å². The molecule has 0 unspecified atom stereocenters. The number of benzene rings is 2. The molecular formula is C20H16BrCl2N3S. The Morgan fingerprint density at radius 1 is 1.07 bits per heavy atom. The normalized spacial score (nSPS) is 10.5. The van der Waals surface area contributed by atoms with Gasteiger partial charge in [-0.2, -0.15) is 0 Å². The van der Waals surface area contributed by atoms with Crippen LogP contribution in [0.1, 0.15) is 11.1 Å². The third kappa shape index (κ3) is 5.91. The fourth-order valence-electron chi connectivity index (χ4n) is 2.50. The number of hydrogen-bond acceptors (Lipinski definition) is 2. The van der Waals surface area contributed by atoms with Gasteiger partial charge in [0.15, 0.2) is 5.11 Å². The van der Waals surface area contributed by atoms with Crippen molar-refractivity contribution in [2.24, 2.45) is 0 Å². The zero-order valence-electron chi connectivity index (χ0n) is 14.2. The Morgan fingerprint density at radius 3 is 2.52 bits per heavy atom. The highest BCUT2D eigenvalue weighted by molar-refractivity contribution is 9.10. The van der Waals surface area contributed by atoms with Gasteiger partial charge in [0.1, 0.15) is 0 Å². The monoisotopic (exact) mass is 479 g/mol. The number of anilines is 1. The summed E-state index contributed by atoms with van der Waals surface area (Å²) in [5, 5.41) is 5.12. The van der Waals surface area contributed by atoms with Gasteiger partial charge in [-0.25, -0.2) is 0 Å². The highest BCUT2D eigenvalue weighted by Gasteiger charge is 2.14. The molecule has 0 aliphatic rings. The first-order valence-corrected chi connectivity index (χ1v) is 10.1. The lowest BCUT2D eigenvalue weighted by Gasteiger charge is -2.26. The first kappa shape index (κ1) is 20.1. The summed E-state index contributed by atoms with van der Waals surface area (Å²) in [6.45, 7) is 1.16. The molecule has 0 aliphatic heterocycles. The van der Waals surface area contributed by atoms with Gasteiger partial charge in [0.2, 0.25) is 0 Å². The molecule has 0 fully saturated rings. The molecule has 3 nitrogen and oxygen atoms in total. The van der Waals surface area contributed by atoms with Crippen LogP contribution in [0.15, 0.2) is 71.5 Å². The topological polar surface area (TPSA) is 28.2 Å². The predicted molar refractivity (Wildman–Crippen MR) is 120 cm³/mol. The number of aromatic nitrogens is 1. The van der Waals surface area contributed by atoms with Crippen molar-refractivity contribution < 1.29 is 0 Å². The minimum Gasteiger partial charge on any atom is -0.340 e. The van der Waals surface area contributed by atoms with Crippen LogP contribution >= 0.6 is 51.3 Å². The van der Waals surface area contributed by atoms with Crippen LogP contribution in [0.3, 0.4) is 0 Å². The summed E-state index contributed by atoms with van der Waals surface area (Å²) in [5.41, 5.74) is 2.93. The van der Waals surface area contributed by atoms with Gasteiger partial charge in [-0.15, -0.1) is 0 Å². The van der Waals surface area contributed by atoms with Gasteiger partial charge >= 0.3 is 0 Å². The Hall–Kier alpha value is -1.66. The van der Waals surface area contributed by atoms with Crippen LogP contribution in [0.2, 0.25) is 10.0 Å². The quantitative estimate of drug-likeness (QED) is 0.419. The average Bonchev–Trinajstić information content (AvgIpc) is 2.66. The van der Waals surface area contributed by atoms with E-state index in [9.17, 15) is 0 Å². The zero-order valence-corrected chi connectivity index (χ0v) is 18.1. The smallest absolute Gasteiger partial charge is 0.174 e. The average molecular weight is 481 g/mol. The van der Waals surface area contributed by atoms with E-state index >= 15 is 0 Å². The van der Waals surface area contributed by atoms with E-state index in [2.05, 4.69) is 26.2 Å². The second-order valence-corrected chi connectivity index (χ2v) is 8.04. The zero-order chi connectivity index (χ0) is 19.2. The molecule has 1 aromatic heterocycles. The number of halogens is 3. The van der Waals surface area contributed by atoms with Crippen molar-refractivity contribution in [2.75, 3.05) is 5.32 Å².